The van der Waals surface area contributed by atoms with Crippen LogP contribution in [0.2, 0.25) is 0 Å². The minimum atomic E-state index is -4.32. The van der Waals surface area contributed by atoms with E-state index in [2.05, 4.69) is 0 Å². The van der Waals surface area contributed by atoms with Crippen molar-refractivity contribution in [3.8, 4) is 0 Å². The molecular formula is C17H25N3O5S. The summed E-state index contributed by atoms with van der Waals surface area (Å²) in [7, 11) is -4.32. The second-order valence-corrected chi connectivity index (χ2v) is 8.54. The van der Waals surface area contributed by atoms with E-state index in [-0.39, 0.29) is 24.3 Å². The van der Waals surface area contributed by atoms with Gasteiger partial charge in [0.2, 0.25) is 20.6 Å². The Morgan fingerprint density at radius 1 is 1.23 bits per heavy atom. The number of amides is 1. The number of carboxylic acids is 1. The second-order valence-electron chi connectivity index (χ2n) is 6.39. The van der Waals surface area contributed by atoms with Crippen molar-refractivity contribution in [2.24, 2.45) is 11.5 Å². The van der Waals surface area contributed by atoms with Crippen molar-refractivity contribution in [2.75, 3.05) is 13.1 Å². The van der Waals surface area contributed by atoms with Crippen LogP contribution in [-0.4, -0.2) is 54.3 Å². The predicted octanol–water partition coefficient (Wildman–Crippen LogP) is 0.320. The van der Waals surface area contributed by atoms with Gasteiger partial charge in [-0.05, 0) is 44.4 Å². The van der Waals surface area contributed by atoms with E-state index in [0.717, 1.165) is 4.90 Å². The first kappa shape index (κ1) is 20.3. The highest BCUT2D eigenvalue weighted by Gasteiger charge is 2.60. The van der Waals surface area contributed by atoms with E-state index >= 15 is 0 Å². The predicted molar refractivity (Wildman–Crippen MR) is 95.8 cm³/mol. The van der Waals surface area contributed by atoms with E-state index in [9.17, 15) is 23.1 Å². The maximum Gasteiger partial charge on any atom is 0.346 e. The Labute approximate surface area is 153 Å². The molecule has 1 saturated heterocycles. The molecule has 1 aromatic rings. The lowest BCUT2D eigenvalue weighted by Crippen LogP contribution is -2.61. The van der Waals surface area contributed by atoms with Crippen LogP contribution >= 0.6 is 0 Å². The summed E-state index contributed by atoms with van der Waals surface area (Å²) in [4.78, 5) is 23.4. The number of nitrogens with zero attached hydrogens (tertiary/aromatic N) is 1. The molecule has 144 valence electrons. The number of carbonyl (C=O) groups is 2. The maximum absolute atomic E-state index is 13.2. The number of likely N-dealkylation sites (tertiary alicyclic amines) is 1. The summed E-state index contributed by atoms with van der Waals surface area (Å²) in [5, 5.41) is 9.85. The van der Waals surface area contributed by atoms with Gasteiger partial charge in [0.1, 0.15) is 0 Å². The van der Waals surface area contributed by atoms with Gasteiger partial charge in [-0.15, -0.1) is 0 Å². The maximum atomic E-state index is 13.2. The van der Waals surface area contributed by atoms with Crippen molar-refractivity contribution in [1.29, 1.82) is 0 Å². The van der Waals surface area contributed by atoms with Gasteiger partial charge >= 0.3 is 5.97 Å². The number of hydrogen-bond acceptors (Lipinski definition) is 6. The quantitative estimate of drug-likeness (QED) is 0.548. The van der Waals surface area contributed by atoms with Crippen LogP contribution in [0.25, 0.3) is 0 Å². The molecule has 8 nitrogen and oxygen atoms in total. The lowest BCUT2D eigenvalue weighted by molar-refractivity contribution is -0.151. The molecule has 9 heteroatoms. The Morgan fingerprint density at radius 3 is 2.46 bits per heavy atom. The van der Waals surface area contributed by atoms with Crippen molar-refractivity contribution in [3.63, 3.8) is 0 Å². The molecule has 0 radical (unpaired) electrons. The molecule has 2 atom stereocenters. The van der Waals surface area contributed by atoms with Gasteiger partial charge in [0, 0.05) is 6.54 Å². The van der Waals surface area contributed by atoms with E-state index in [1.54, 1.807) is 6.07 Å². The molecule has 2 rings (SSSR count). The topological polar surface area (TPSA) is 144 Å². The number of unbranched alkanes of at least 4 members (excludes halogenated alkanes) is 1. The van der Waals surface area contributed by atoms with Gasteiger partial charge in [0.25, 0.3) is 0 Å². The summed E-state index contributed by atoms with van der Waals surface area (Å²) in [5.74, 6) is -2.21. The van der Waals surface area contributed by atoms with Crippen molar-refractivity contribution >= 4 is 21.7 Å². The van der Waals surface area contributed by atoms with Crippen LogP contribution in [0.3, 0.4) is 0 Å². The summed E-state index contributed by atoms with van der Waals surface area (Å²) in [6.07, 6.45) is 1.74. The van der Waals surface area contributed by atoms with Crippen molar-refractivity contribution in [1.82, 2.24) is 4.90 Å². The van der Waals surface area contributed by atoms with Gasteiger partial charge in [-0.25, -0.2) is 13.2 Å². The average molecular weight is 383 g/mol. The molecule has 0 aromatic heterocycles. The SMILES string of the molecule is NCCCC[C@H](N)C(=O)N1CCC[C@]1(C(=O)O)S(=O)(=O)c1ccccc1. The zero-order valence-electron chi connectivity index (χ0n) is 14.5. The fourth-order valence-electron chi connectivity index (χ4n) is 3.32. The Kier molecular flexibility index (Phi) is 6.38. The Morgan fingerprint density at radius 2 is 1.88 bits per heavy atom. The number of nitrogens with two attached hydrogens (primary N) is 2. The van der Waals surface area contributed by atoms with Gasteiger partial charge in [0.05, 0.1) is 10.9 Å². The molecular weight excluding hydrogens is 358 g/mol. The highest BCUT2D eigenvalue weighted by molar-refractivity contribution is 7.93. The molecule has 0 saturated carbocycles. The minimum absolute atomic E-state index is 0.0434. The first-order valence-corrected chi connectivity index (χ1v) is 10.1. The Hall–Kier alpha value is -1.97. The molecule has 0 unspecified atom stereocenters. The molecule has 1 heterocycles. The van der Waals surface area contributed by atoms with E-state index < -0.39 is 32.6 Å². The van der Waals surface area contributed by atoms with E-state index in [4.69, 9.17) is 11.5 Å². The minimum Gasteiger partial charge on any atom is -0.479 e. The number of rotatable bonds is 8. The molecule has 5 N–H and O–H groups in total. The van der Waals surface area contributed by atoms with Crippen LogP contribution in [0.1, 0.15) is 32.1 Å². The fraction of sp³-hybridized carbons (Fsp3) is 0.529. The molecule has 1 amide bonds. The molecule has 1 aliphatic heterocycles. The Bertz CT molecular complexity index is 753. The highest BCUT2D eigenvalue weighted by atomic mass is 32.2. The summed E-state index contributed by atoms with van der Waals surface area (Å²) in [6.45, 7) is 0.508. The lowest BCUT2D eigenvalue weighted by Gasteiger charge is -2.35. The standard InChI is InChI=1S/C17H25N3O5S/c18-11-5-4-9-14(19)15(21)20-12-6-10-17(20,16(22)23)26(24,25)13-7-2-1-3-8-13/h1-3,7-8,14H,4-6,9-12,18-19H2,(H,22,23)/t14-,17+/m0/s1. The molecule has 1 fully saturated rings. The van der Waals surface area contributed by atoms with Crippen LogP contribution in [0.5, 0.6) is 0 Å². The number of carboxylic acid groups (broad SMARTS) is 1. The van der Waals surface area contributed by atoms with E-state index in [0.29, 0.717) is 25.8 Å². The zero-order valence-corrected chi connectivity index (χ0v) is 15.3. The van der Waals surface area contributed by atoms with Gasteiger partial charge in [-0.2, -0.15) is 0 Å². The summed E-state index contributed by atoms with van der Waals surface area (Å²) >= 11 is 0. The van der Waals surface area contributed by atoms with Crippen molar-refractivity contribution < 1.29 is 23.1 Å². The van der Waals surface area contributed by atoms with Crippen LogP contribution in [0.15, 0.2) is 35.2 Å². The first-order valence-electron chi connectivity index (χ1n) is 8.59. The smallest absolute Gasteiger partial charge is 0.346 e. The number of hydrogen-bond donors (Lipinski definition) is 3. The molecule has 0 bridgehead atoms. The van der Waals surface area contributed by atoms with Crippen LogP contribution in [-0.2, 0) is 19.4 Å². The van der Waals surface area contributed by atoms with Gasteiger partial charge in [-0.1, -0.05) is 24.6 Å². The third-order valence-corrected chi connectivity index (χ3v) is 7.10. The van der Waals surface area contributed by atoms with E-state index in [1.165, 1.54) is 24.3 Å². The molecule has 1 aromatic carbocycles. The average Bonchev–Trinajstić information content (AvgIpc) is 3.08. The van der Waals surface area contributed by atoms with Crippen LogP contribution in [0, 0.1) is 0 Å². The number of carbonyl (C=O) groups excluding carboxylic acids is 1. The first-order chi connectivity index (χ1) is 12.3. The van der Waals surface area contributed by atoms with Gasteiger partial charge < -0.3 is 21.5 Å². The molecule has 0 spiro atoms. The molecule has 0 aliphatic carbocycles. The van der Waals surface area contributed by atoms with Crippen molar-refractivity contribution in [2.45, 2.75) is 47.9 Å². The molecule has 26 heavy (non-hydrogen) atoms. The monoisotopic (exact) mass is 383 g/mol. The van der Waals surface area contributed by atoms with Crippen LogP contribution in [0.4, 0.5) is 0 Å². The number of benzene rings is 1. The second kappa shape index (κ2) is 8.15. The Balaban J connectivity index is 2.40. The summed E-state index contributed by atoms with van der Waals surface area (Å²) in [6, 6.07) is 6.38. The normalized spacial score (nSPS) is 21.5. The summed E-state index contributed by atoms with van der Waals surface area (Å²) in [5.41, 5.74) is 11.3. The van der Waals surface area contributed by atoms with Crippen molar-refractivity contribution in [3.05, 3.63) is 30.3 Å². The summed E-state index contributed by atoms with van der Waals surface area (Å²) < 4.78 is 26.3. The molecule has 1 aliphatic rings. The van der Waals surface area contributed by atoms with E-state index in [1.807, 2.05) is 0 Å². The van der Waals surface area contributed by atoms with Gasteiger partial charge in [0.15, 0.2) is 0 Å². The number of sulfone groups is 1. The third-order valence-electron chi connectivity index (χ3n) is 4.72. The highest BCUT2D eigenvalue weighted by Crippen LogP contribution is 2.39. The largest absolute Gasteiger partial charge is 0.479 e. The van der Waals surface area contributed by atoms with Gasteiger partial charge in [-0.3, -0.25) is 4.79 Å². The third kappa shape index (κ3) is 3.46. The number of aliphatic carboxylic acids is 1. The lowest BCUT2D eigenvalue weighted by atomic mass is 10.1. The fourth-order valence-corrected chi connectivity index (χ4v) is 5.34. The zero-order chi connectivity index (χ0) is 19.4. The van der Waals surface area contributed by atoms with Crippen LogP contribution < -0.4 is 11.5 Å².